The lowest BCUT2D eigenvalue weighted by molar-refractivity contribution is -0.130. The first-order valence-electron chi connectivity index (χ1n) is 6.35. The van der Waals surface area contributed by atoms with E-state index >= 15 is 0 Å². The van der Waals surface area contributed by atoms with Gasteiger partial charge in [0.05, 0.1) is 12.1 Å². The number of nitrogens with zero attached hydrogens (tertiary/aromatic N) is 1. The van der Waals surface area contributed by atoms with Crippen molar-refractivity contribution in [3.05, 3.63) is 35.9 Å². The second-order valence-electron chi connectivity index (χ2n) is 5.21. The van der Waals surface area contributed by atoms with E-state index in [-0.39, 0.29) is 18.0 Å². The van der Waals surface area contributed by atoms with E-state index in [0.717, 1.165) is 13.0 Å². The van der Waals surface area contributed by atoms with Crippen molar-refractivity contribution in [1.82, 2.24) is 8.43 Å². The number of amides is 1. The van der Waals surface area contributed by atoms with Crippen LogP contribution in [0.15, 0.2) is 30.3 Å². The van der Waals surface area contributed by atoms with Gasteiger partial charge in [0, 0.05) is 29.4 Å². The van der Waals surface area contributed by atoms with E-state index in [9.17, 15) is 4.79 Å². The van der Waals surface area contributed by atoms with E-state index < -0.39 is 0 Å². The number of likely N-dealkylation sites (tertiary alicyclic amines) is 1. The minimum atomic E-state index is -0.0467. The Hall–Kier alpha value is -0.620. The van der Waals surface area contributed by atoms with E-state index in [1.165, 1.54) is 5.56 Å². The molecule has 0 unspecified atom stereocenters. The van der Waals surface area contributed by atoms with Crippen LogP contribution in [0.4, 0.5) is 0 Å². The smallest absolute Gasteiger partial charge is 0.241 e. The lowest BCUT2D eigenvalue weighted by Gasteiger charge is -2.26. The molecule has 0 aromatic heterocycles. The Bertz CT molecular complexity index is 408. The summed E-state index contributed by atoms with van der Waals surface area (Å²) in [6, 6.07) is 10.5. The first-order chi connectivity index (χ1) is 8.63. The fraction of sp³-hybridized carbons (Fsp3) is 0.500. The Kier molecular flexibility index (Phi) is 4.61. The Morgan fingerprint density at radius 3 is 2.61 bits per heavy atom. The van der Waals surface area contributed by atoms with E-state index in [0.29, 0.717) is 5.92 Å². The molecule has 18 heavy (non-hydrogen) atoms. The third-order valence-electron chi connectivity index (χ3n) is 3.29. The fourth-order valence-corrected chi connectivity index (χ4v) is 3.02. The van der Waals surface area contributed by atoms with Crippen LogP contribution in [0.2, 0.25) is 0 Å². The third-order valence-corrected chi connectivity index (χ3v) is 4.05. The first-order valence-corrected chi connectivity index (χ1v) is 7.43. The van der Waals surface area contributed by atoms with Crippen molar-refractivity contribution in [3.8, 4) is 0 Å². The highest BCUT2D eigenvalue weighted by Crippen LogP contribution is 2.33. The summed E-state index contributed by atoms with van der Waals surface area (Å²) in [7, 11) is 0. The summed E-state index contributed by atoms with van der Waals surface area (Å²) in [5.41, 5.74) is 1.24. The van der Waals surface area contributed by atoms with Crippen LogP contribution < -0.4 is 3.53 Å². The summed E-state index contributed by atoms with van der Waals surface area (Å²) in [6.07, 6.45) is 0.860. The number of hydrogen-bond donors (Lipinski definition) is 1. The van der Waals surface area contributed by atoms with Gasteiger partial charge < -0.3 is 4.90 Å². The van der Waals surface area contributed by atoms with Crippen LogP contribution in [0.3, 0.4) is 0 Å². The molecule has 1 aromatic rings. The Morgan fingerprint density at radius 2 is 2.06 bits per heavy atom. The van der Waals surface area contributed by atoms with Crippen molar-refractivity contribution in [2.45, 2.75) is 32.4 Å². The number of hydrogen-bond acceptors (Lipinski definition) is 2. The van der Waals surface area contributed by atoms with Gasteiger partial charge in [0.25, 0.3) is 0 Å². The van der Waals surface area contributed by atoms with Crippen LogP contribution >= 0.6 is 22.9 Å². The zero-order chi connectivity index (χ0) is 13.1. The van der Waals surface area contributed by atoms with Gasteiger partial charge in [0.1, 0.15) is 0 Å². The highest BCUT2D eigenvalue weighted by atomic mass is 127. The van der Waals surface area contributed by atoms with Crippen molar-refractivity contribution in [2.24, 2.45) is 5.92 Å². The number of nitrogens with one attached hydrogen (secondary N) is 1. The van der Waals surface area contributed by atoms with E-state index in [4.69, 9.17) is 0 Å². The molecule has 1 aliphatic rings. The quantitative estimate of drug-likeness (QED) is 0.663. The van der Waals surface area contributed by atoms with Crippen LogP contribution in [-0.4, -0.2) is 23.4 Å². The molecule has 3 nitrogen and oxygen atoms in total. The van der Waals surface area contributed by atoms with Gasteiger partial charge in [0.15, 0.2) is 0 Å². The van der Waals surface area contributed by atoms with E-state index in [2.05, 4.69) is 52.4 Å². The Labute approximate surface area is 122 Å². The van der Waals surface area contributed by atoms with Gasteiger partial charge in [-0.25, -0.2) is 3.53 Å². The average Bonchev–Trinajstić information content (AvgIpc) is 2.67. The summed E-state index contributed by atoms with van der Waals surface area (Å²) in [6.45, 7) is 5.13. The molecular formula is C14H19IN2O. The Balaban J connectivity index is 2.24. The van der Waals surface area contributed by atoms with Crippen LogP contribution in [-0.2, 0) is 4.79 Å². The largest absolute Gasteiger partial charge is 0.334 e. The van der Waals surface area contributed by atoms with Gasteiger partial charge >= 0.3 is 0 Å². The summed E-state index contributed by atoms with van der Waals surface area (Å²) in [4.78, 5) is 14.3. The minimum Gasteiger partial charge on any atom is -0.334 e. The van der Waals surface area contributed by atoms with Gasteiger partial charge in [-0.2, -0.15) is 0 Å². The molecular weight excluding hydrogens is 339 g/mol. The van der Waals surface area contributed by atoms with Crippen molar-refractivity contribution in [1.29, 1.82) is 0 Å². The normalized spacial score (nSPS) is 24.0. The first kappa shape index (κ1) is 13.8. The lowest BCUT2D eigenvalue weighted by atomic mass is 10.0. The van der Waals surface area contributed by atoms with E-state index in [1.807, 2.05) is 23.1 Å². The van der Waals surface area contributed by atoms with Gasteiger partial charge in [-0.3, -0.25) is 4.79 Å². The molecule has 1 saturated heterocycles. The number of carbonyl (C=O) groups is 1. The highest BCUT2D eigenvalue weighted by molar-refractivity contribution is 14.1. The van der Waals surface area contributed by atoms with E-state index in [1.54, 1.807) is 0 Å². The highest BCUT2D eigenvalue weighted by Gasteiger charge is 2.39. The molecule has 0 saturated carbocycles. The number of carbonyl (C=O) groups excluding carboxylic acids is 1. The maximum absolute atomic E-state index is 12.3. The summed E-state index contributed by atoms with van der Waals surface area (Å²) >= 11 is 2.08. The van der Waals surface area contributed by atoms with Crippen molar-refractivity contribution < 1.29 is 4.79 Å². The molecule has 0 bridgehead atoms. The summed E-state index contributed by atoms with van der Waals surface area (Å²) in [5, 5.41) is 0. The van der Waals surface area contributed by atoms with Gasteiger partial charge in [0.2, 0.25) is 5.91 Å². The maximum atomic E-state index is 12.3. The Morgan fingerprint density at radius 1 is 1.39 bits per heavy atom. The average molecular weight is 358 g/mol. The predicted octanol–water partition coefficient (Wildman–Crippen LogP) is 2.92. The van der Waals surface area contributed by atoms with Gasteiger partial charge in [-0.15, -0.1) is 0 Å². The molecule has 0 spiro atoms. The van der Waals surface area contributed by atoms with Crippen LogP contribution in [0.5, 0.6) is 0 Å². The lowest BCUT2D eigenvalue weighted by Crippen LogP contribution is -2.36. The zero-order valence-corrected chi connectivity index (χ0v) is 12.9. The topological polar surface area (TPSA) is 32.3 Å². The van der Waals surface area contributed by atoms with Crippen LogP contribution in [0, 0.1) is 5.92 Å². The molecule has 1 N–H and O–H groups in total. The summed E-state index contributed by atoms with van der Waals surface area (Å²) < 4.78 is 3.10. The molecule has 1 aliphatic heterocycles. The van der Waals surface area contributed by atoms with Crippen molar-refractivity contribution in [2.75, 3.05) is 6.54 Å². The van der Waals surface area contributed by atoms with Gasteiger partial charge in [-0.1, -0.05) is 44.2 Å². The van der Waals surface area contributed by atoms with Crippen molar-refractivity contribution in [3.63, 3.8) is 0 Å². The second-order valence-corrected chi connectivity index (χ2v) is 5.83. The third kappa shape index (κ3) is 2.85. The summed E-state index contributed by atoms with van der Waals surface area (Å²) in [5.74, 6) is 0.722. The molecule has 2 atom stereocenters. The molecule has 2 rings (SSSR count). The molecule has 1 aromatic carbocycles. The standard InChI is InChI=1S/C14H19IN2O/c1-10(2)9-17-13(8-12(16-15)14(17)18)11-6-4-3-5-7-11/h3-7,10,12-13,16H,8-9H2,1-2H3/t12-,13+/m1/s1. The predicted molar refractivity (Wildman–Crippen MR) is 81.3 cm³/mol. The van der Waals surface area contributed by atoms with Crippen LogP contribution in [0.1, 0.15) is 31.9 Å². The number of halogens is 1. The van der Waals surface area contributed by atoms with Crippen LogP contribution in [0.25, 0.3) is 0 Å². The molecule has 1 fully saturated rings. The molecule has 0 aliphatic carbocycles. The number of rotatable bonds is 4. The number of benzene rings is 1. The molecule has 1 heterocycles. The molecule has 0 radical (unpaired) electrons. The van der Waals surface area contributed by atoms with Crippen molar-refractivity contribution >= 4 is 28.8 Å². The molecule has 98 valence electrons. The molecule has 1 amide bonds. The minimum absolute atomic E-state index is 0.0467. The fourth-order valence-electron chi connectivity index (χ4n) is 2.50. The zero-order valence-electron chi connectivity index (χ0n) is 10.8. The molecule has 4 heteroatoms. The maximum Gasteiger partial charge on any atom is 0.241 e. The second kappa shape index (κ2) is 6.02. The SMILES string of the molecule is CC(C)CN1C(=O)[C@H](NI)C[C@H]1c1ccccc1. The monoisotopic (exact) mass is 358 g/mol. The van der Waals surface area contributed by atoms with Gasteiger partial charge in [-0.05, 0) is 17.9 Å².